The van der Waals surface area contributed by atoms with Gasteiger partial charge in [0, 0.05) is 19.6 Å². The Morgan fingerprint density at radius 2 is 2.13 bits per heavy atom. The summed E-state index contributed by atoms with van der Waals surface area (Å²) in [5.74, 6) is 0.778. The average Bonchev–Trinajstić information content (AvgIpc) is 3.09. The van der Waals surface area contributed by atoms with Crippen molar-refractivity contribution in [2.45, 2.75) is 38.7 Å². The van der Waals surface area contributed by atoms with Crippen molar-refractivity contribution in [3.8, 4) is 0 Å². The molecule has 1 atom stereocenters. The summed E-state index contributed by atoms with van der Waals surface area (Å²) in [4.78, 5) is 7.06. The van der Waals surface area contributed by atoms with Gasteiger partial charge in [-0.2, -0.15) is 11.3 Å². The highest BCUT2D eigenvalue weighted by Crippen LogP contribution is 2.23. The van der Waals surface area contributed by atoms with Crippen LogP contribution in [0.2, 0.25) is 0 Å². The largest absolute Gasteiger partial charge is 0.383 e. The predicted molar refractivity (Wildman–Crippen MR) is 98.2 cm³/mol. The molecular weight excluding hydrogens is 308 g/mol. The van der Waals surface area contributed by atoms with Crippen molar-refractivity contribution in [3.05, 3.63) is 22.4 Å². The molecule has 0 amide bonds. The third-order valence-electron chi connectivity index (χ3n) is 4.20. The molecule has 1 aliphatic rings. The molecule has 1 aliphatic heterocycles. The van der Waals surface area contributed by atoms with Gasteiger partial charge in [0.25, 0.3) is 0 Å². The van der Waals surface area contributed by atoms with E-state index in [0.29, 0.717) is 6.54 Å². The molecule has 0 aromatic carbocycles. The number of nitrogens with one attached hydrogen (secondary N) is 2. The van der Waals surface area contributed by atoms with Crippen LogP contribution >= 0.6 is 11.3 Å². The van der Waals surface area contributed by atoms with E-state index >= 15 is 0 Å². The smallest absolute Gasteiger partial charge is 0.191 e. The summed E-state index contributed by atoms with van der Waals surface area (Å²) in [5.41, 5.74) is 0.00490. The molecule has 130 valence electrons. The normalized spacial score (nSPS) is 19.3. The van der Waals surface area contributed by atoms with Gasteiger partial charge in [-0.3, -0.25) is 0 Å². The first-order valence-electron chi connectivity index (χ1n) is 8.61. The minimum Gasteiger partial charge on any atom is -0.383 e. The maximum Gasteiger partial charge on any atom is 0.191 e. The number of nitrogens with zero attached hydrogens (tertiary/aromatic N) is 2. The lowest BCUT2D eigenvalue weighted by Crippen LogP contribution is -2.43. The first kappa shape index (κ1) is 18.2. The lowest BCUT2D eigenvalue weighted by atomic mass is 10.00. The van der Waals surface area contributed by atoms with Crippen LogP contribution in [0.5, 0.6) is 0 Å². The number of rotatable bonds is 7. The Bertz CT molecular complexity index is 467. The highest BCUT2D eigenvalue weighted by molar-refractivity contribution is 7.08. The summed E-state index contributed by atoms with van der Waals surface area (Å²) < 4.78 is 0. The molecule has 5 nitrogen and oxygen atoms in total. The zero-order valence-corrected chi connectivity index (χ0v) is 15.2. The Morgan fingerprint density at radius 1 is 1.35 bits per heavy atom. The first-order valence-corrected chi connectivity index (χ1v) is 9.55. The number of likely N-dealkylation sites (tertiary alicyclic amines) is 1. The summed E-state index contributed by atoms with van der Waals surface area (Å²) in [6.45, 7) is 9.38. The van der Waals surface area contributed by atoms with Crippen LogP contribution in [0.1, 0.15) is 38.7 Å². The highest BCUT2D eigenvalue weighted by Gasteiger charge is 2.23. The maximum atomic E-state index is 10.6. The van der Waals surface area contributed by atoms with Crippen LogP contribution in [0.4, 0.5) is 0 Å². The SMILES string of the molecule is CCNC(=NCC(C)(O)c1ccsc1)NCCN1CCCCC1. The van der Waals surface area contributed by atoms with Crippen LogP contribution < -0.4 is 10.6 Å². The molecule has 0 aliphatic carbocycles. The number of piperidine rings is 1. The molecule has 3 N–H and O–H groups in total. The van der Waals surface area contributed by atoms with Crippen molar-refractivity contribution < 1.29 is 5.11 Å². The van der Waals surface area contributed by atoms with Gasteiger partial charge in [0.05, 0.1) is 6.54 Å². The molecular formula is C17H30N4OS. The van der Waals surface area contributed by atoms with Crippen molar-refractivity contribution in [2.75, 3.05) is 39.3 Å². The fraction of sp³-hybridized carbons (Fsp3) is 0.706. The zero-order valence-electron chi connectivity index (χ0n) is 14.3. The zero-order chi connectivity index (χ0) is 16.5. The second kappa shape index (κ2) is 9.25. The van der Waals surface area contributed by atoms with Crippen molar-refractivity contribution in [1.29, 1.82) is 0 Å². The van der Waals surface area contributed by atoms with Crippen molar-refractivity contribution >= 4 is 17.3 Å². The quantitative estimate of drug-likeness (QED) is 0.526. The van der Waals surface area contributed by atoms with Crippen LogP contribution in [0.15, 0.2) is 21.8 Å². The number of thiophene rings is 1. The summed E-state index contributed by atoms with van der Waals surface area (Å²) >= 11 is 1.60. The standard InChI is InChI=1S/C17H30N4OS/c1-3-18-16(19-8-11-21-9-5-4-6-10-21)20-14-17(2,22)15-7-12-23-13-15/h7,12-13,22H,3-6,8-11,14H2,1-2H3,(H2,18,19,20). The van der Waals surface area contributed by atoms with Crippen LogP contribution in [0.3, 0.4) is 0 Å². The van der Waals surface area contributed by atoms with Gasteiger partial charge in [0.2, 0.25) is 0 Å². The van der Waals surface area contributed by atoms with Crippen LogP contribution in [0, 0.1) is 0 Å². The van der Waals surface area contributed by atoms with E-state index in [2.05, 4.69) is 27.4 Å². The molecule has 1 fully saturated rings. The molecule has 0 saturated carbocycles. The second-order valence-corrected chi connectivity index (χ2v) is 7.09. The minimum atomic E-state index is -0.921. The summed E-state index contributed by atoms with van der Waals surface area (Å²) in [6.07, 6.45) is 4.00. The number of hydrogen-bond acceptors (Lipinski definition) is 4. The molecule has 0 spiro atoms. The Morgan fingerprint density at radius 3 is 2.78 bits per heavy atom. The van der Waals surface area contributed by atoms with Crippen LogP contribution in [-0.4, -0.2) is 55.2 Å². The third kappa shape index (κ3) is 6.12. The highest BCUT2D eigenvalue weighted by atomic mass is 32.1. The van der Waals surface area contributed by atoms with Gasteiger partial charge in [-0.15, -0.1) is 0 Å². The minimum absolute atomic E-state index is 0.350. The molecule has 1 unspecified atom stereocenters. The van der Waals surface area contributed by atoms with E-state index in [4.69, 9.17) is 0 Å². The average molecular weight is 339 g/mol. The number of aliphatic imine (C=N–C) groups is 1. The molecule has 0 radical (unpaired) electrons. The van der Waals surface area contributed by atoms with Gasteiger partial charge in [-0.05, 0) is 62.2 Å². The molecule has 2 rings (SSSR count). The van der Waals surface area contributed by atoms with E-state index in [-0.39, 0.29) is 0 Å². The maximum absolute atomic E-state index is 10.6. The van der Waals surface area contributed by atoms with Gasteiger partial charge in [-0.1, -0.05) is 6.42 Å². The van der Waals surface area contributed by atoms with Gasteiger partial charge >= 0.3 is 0 Å². The predicted octanol–water partition coefficient (Wildman–Crippen LogP) is 2.00. The fourth-order valence-corrected chi connectivity index (χ4v) is 3.54. The Kier molecular flexibility index (Phi) is 7.33. The van der Waals surface area contributed by atoms with Gasteiger partial charge in [0.15, 0.2) is 5.96 Å². The summed E-state index contributed by atoms with van der Waals surface area (Å²) in [7, 11) is 0. The number of guanidine groups is 1. The van der Waals surface area contributed by atoms with Gasteiger partial charge < -0.3 is 20.6 Å². The van der Waals surface area contributed by atoms with Crippen LogP contribution in [0.25, 0.3) is 0 Å². The van der Waals surface area contributed by atoms with E-state index < -0.39 is 5.60 Å². The Labute approximate surface area is 143 Å². The van der Waals surface area contributed by atoms with E-state index in [0.717, 1.165) is 31.2 Å². The second-order valence-electron chi connectivity index (χ2n) is 6.31. The molecule has 6 heteroatoms. The monoisotopic (exact) mass is 338 g/mol. The lowest BCUT2D eigenvalue weighted by molar-refractivity contribution is 0.0677. The Hall–Kier alpha value is -1.11. The van der Waals surface area contributed by atoms with Crippen molar-refractivity contribution in [2.24, 2.45) is 4.99 Å². The molecule has 23 heavy (non-hydrogen) atoms. The van der Waals surface area contributed by atoms with Crippen molar-refractivity contribution in [1.82, 2.24) is 15.5 Å². The van der Waals surface area contributed by atoms with E-state index in [1.807, 2.05) is 23.8 Å². The Balaban J connectivity index is 1.81. The van der Waals surface area contributed by atoms with E-state index in [1.54, 1.807) is 11.3 Å². The lowest BCUT2D eigenvalue weighted by Gasteiger charge is -2.26. The van der Waals surface area contributed by atoms with Crippen molar-refractivity contribution in [3.63, 3.8) is 0 Å². The molecule has 0 bridgehead atoms. The summed E-state index contributed by atoms with van der Waals surface area (Å²) in [5, 5.41) is 21.1. The molecule has 2 heterocycles. The van der Waals surface area contributed by atoms with E-state index in [1.165, 1.54) is 32.4 Å². The van der Waals surface area contributed by atoms with Gasteiger partial charge in [-0.25, -0.2) is 4.99 Å². The molecule has 1 aromatic heterocycles. The van der Waals surface area contributed by atoms with Gasteiger partial charge in [0.1, 0.15) is 5.60 Å². The summed E-state index contributed by atoms with van der Waals surface area (Å²) in [6, 6.07) is 1.96. The molecule has 1 aromatic rings. The molecule has 1 saturated heterocycles. The van der Waals surface area contributed by atoms with Crippen LogP contribution in [-0.2, 0) is 5.60 Å². The topological polar surface area (TPSA) is 59.9 Å². The number of aliphatic hydroxyl groups is 1. The van der Waals surface area contributed by atoms with E-state index in [9.17, 15) is 5.11 Å². The fourth-order valence-electron chi connectivity index (χ4n) is 2.75. The number of hydrogen-bond donors (Lipinski definition) is 3. The third-order valence-corrected chi connectivity index (χ3v) is 4.88. The first-order chi connectivity index (χ1) is 11.1.